The fraction of sp³-hybridized carbons (Fsp3) is 0.167. The van der Waals surface area contributed by atoms with Gasteiger partial charge in [0, 0.05) is 18.2 Å². The van der Waals surface area contributed by atoms with Gasteiger partial charge in [-0.1, -0.05) is 19.1 Å². The summed E-state index contributed by atoms with van der Waals surface area (Å²) in [5.74, 6) is -1.03. The Morgan fingerprint density at radius 3 is 2.44 bits per heavy atom. The summed E-state index contributed by atoms with van der Waals surface area (Å²) in [5, 5.41) is 11.1. The van der Waals surface area contributed by atoms with Gasteiger partial charge in [0.1, 0.15) is 0 Å². The maximum absolute atomic E-state index is 11.1. The van der Waals surface area contributed by atoms with Crippen LogP contribution in [0.1, 0.15) is 18.9 Å². The Morgan fingerprint density at radius 2 is 1.94 bits per heavy atom. The Bertz CT molecular complexity index is 407. The van der Waals surface area contributed by atoms with Crippen molar-refractivity contribution in [3.05, 3.63) is 35.9 Å². The van der Waals surface area contributed by atoms with Gasteiger partial charge in [-0.25, -0.2) is 4.79 Å². The van der Waals surface area contributed by atoms with Gasteiger partial charge in [-0.3, -0.25) is 4.79 Å². The van der Waals surface area contributed by atoms with Gasteiger partial charge in [-0.2, -0.15) is 0 Å². The topological polar surface area (TPSA) is 66.4 Å². The van der Waals surface area contributed by atoms with E-state index in [9.17, 15) is 9.59 Å². The maximum Gasteiger partial charge on any atom is 0.328 e. The molecule has 0 bridgehead atoms. The number of carboxylic acid groups (broad SMARTS) is 1. The Balaban J connectivity index is 2.68. The number of carbonyl (C=O) groups excluding carboxylic acids is 1. The molecule has 0 saturated heterocycles. The first-order valence-electron chi connectivity index (χ1n) is 4.92. The van der Waals surface area contributed by atoms with Crippen molar-refractivity contribution < 1.29 is 14.7 Å². The zero-order valence-corrected chi connectivity index (χ0v) is 8.93. The lowest BCUT2D eigenvalue weighted by Gasteiger charge is -2.03. The minimum absolute atomic E-state index is 0.0474. The van der Waals surface area contributed by atoms with Crippen molar-refractivity contribution in [1.29, 1.82) is 0 Å². The van der Waals surface area contributed by atoms with E-state index in [2.05, 4.69) is 5.32 Å². The van der Waals surface area contributed by atoms with Crippen molar-refractivity contribution in [2.45, 2.75) is 13.3 Å². The van der Waals surface area contributed by atoms with Crippen molar-refractivity contribution >= 4 is 23.6 Å². The minimum Gasteiger partial charge on any atom is -0.478 e. The SMILES string of the molecule is CCC(=O)Nc1ccc(/C=C/C(=O)O)cc1. The highest BCUT2D eigenvalue weighted by Crippen LogP contribution is 2.10. The fourth-order valence-corrected chi connectivity index (χ4v) is 1.09. The summed E-state index contributed by atoms with van der Waals surface area (Å²) in [7, 11) is 0. The van der Waals surface area contributed by atoms with E-state index in [-0.39, 0.29) is 5.91 Å². The monoisotopic (exact) mass is 219 g/mol. The van der Waals surface area contributed by atoms with Crippen molar-refractivity contribution in [2.24, 2.45) is 0 Å². The molecule has 0 saturated carbocycles. The van der Waals surface area contributed by atoms with Crippen LogP contribution >= 0.6 is 0 Å². The molecule has 1 aromatic rings. The highest BCUT2D eigenvalue weighted by molar-refractivity contribution is 5.90. The highest BCUT2D eigenvalue weighted by Gasteiger charge is 1.97. The van der Waals surface area contributed by atoms with Crippen LogP contribution in [-0.4, -0.2) is 17.0 Å². The van der Waals surface area contributed by atoms with Gasteiger partial charge in [-0.15, -0.1) is 0 Å². The first-order valence-corrected chi connectivity index (χ1v) is 4.92. The lowest BCUT2D eigenvalue weighted by atomic mass is 10.2. The number of hydrogen-bond donors (Lipinski definition) is 2. The predicted octanol–water partition coefficient (Wildman–Crippen LogP) is 2.13. The fourth-order valence-electron chi connectivity index (χ4n) is 1.09. The normalized spacial score (nSPS) is 10.3. The summed E-state index contributed by atoms with van der Waals surface area (Å²) in [6, 6.07) is 6.94. The predicted molar refractivity (Wildman–Crippen MR) is 62.0 cm³/mol. The smallest absolute Gasteiger partial charge is 0.328 e. The zero-order valence-electron chi connectivity index (χ0n) is 8.93. The standard InChI is InChI=1S/C12H13NO3/c1-2-11(14)13-10-6-3-9(4-7-10)5-8-12(15)16/h3-8H,2H2,1H3,(H,13,14)(H,15,16)/b8-5+. The molecule has 4 nitrogen and oxygen atoms in total. The van der Waals surface area contributed by atoms with Crippen LogP contribution < -0.4 is 5.32 Å². The summed E-state index contributed by atoms with van der Waals surface area (Å²) >= 11 is 0. The quantitative estimate of drug-likeness (QED) is 0.762. The molecule has 0 heterocycles. The molecular weight excluding hydrogens is 206 g/mol. The van der Waals surface area contributed by atoms with Crippen LogP contribution in [0.25, 0.3) is 6.08 Å². The van der Waals surface area contributed by atoms with Crippen LogP contribution in [0.5, 0.6) is 0 Å². The number of nitrogens with one attached hydrogen (secondary N) is 1. The number of hydrogen-bond acceptors (Lipinski definition) is 2. The number of carbonyl (C=O) groups is 2. The molecule has 0 spiro atoms. The summed E-state index contributed by atoms with van der Waals surface area (Å²) in [4.78, 5) is 21.4. The third-order valence-corrected chi connectivity index (χ3v) is 1.93. The Labute approximate surface area is 93.6 Å². The molecule has 1 amide bonds. The number of aliphatic carboxylic acids is 1. The second-order valence-electron chi connectivity index (χ2n) is 3.20. The van der Waals surface area contributed by atoms with Crippen LogP contribution in [0.2, 0.25) is 0 Å². The molecule has 0 aliphatic carbocycles. The van der Waals surface area contributed by atoms with Gasteiger partial charge in [0.2, 0.25) is 5.91 Å². The first kappa shape index (κ1) is 12.0. The molecule has 0 aliphatic heterocycles. The average molecular weight is 219 g/mol. The molecule has 16 heavy (non-hydrogen) atoms. The largest absolute Gasteiger partial charge is 0.478 e. The van der Waals surface area contributed by atoms with Crippen LogP contribution in [0.3, 0.4) is 0 Å². The van der Waals surface area contributed by atoms with Crippen LogP contribution in [0, 0.1) is 0 Å². The molecule has 0 fully saturated rings. The lowest BCUT2D eigenvalue weighted by Crippen LogP contribution is -2.08. The molecular formula is C12H13NO3. The van der Waals surface area contributed by atoms with E-state index in [1.807, 2.05) is 0 Å². The van der Waals surface area contributed by atoms with E-state index >= 15 is 0 Å². The number of rotatable bonds is 4. The van der Waals surface area contributed by atoms with E-state index in [0.717, 1.165) is 11.6 Å². The molecule has 1 rings (SSSR count). The summed E-state index contributed by atoms with van der Waals surface area (Å²) < 4.78 is 0. The summed E-state index contributed by atoms with van der Waals surface area (Å²) in [6.45, 7) is 1.78. The molecule has 0 aliphatic rings. The average Bonchev–Trinajstić information content (AvgIpc) is 2.28. The van der Waals surface area contributed by atoms with Gasteiger partial charge >= 0.3 is 5.97 Å². The maximum atomic E-state index is 11.1. The van der Waals surface area contributed by atoms with Crippen molar-refractivity contribution in [1.82, 2.24) is 0 Å². The van der Waals surface area contributed by atoms with Crippen LogP contribution in [-0.2, 0) is 9.59 Å². The number of benzene rings is 1. The number of carboxylic acids is 1. The molecule has 84 valence electrons. The molecule has 4 heteroatoms. The minimum atomic E-state index is -0.983. The molecule has 1 aromatic carbocycles. The van der Waals surface area contributed by atoms with E-state index in [1.165, 1.54) is 6.08 Å². The van der Waals surface area contributed by atoms with E-state index in [1.54, 1.807) is 31.2 Å². The Morgan fingerprint density at radius 1 is 1.31 bits per heavy atom. The molecule has 2 N–H and O–H groups in total. The number of anilines is 1. The van der Waals surface area contributed by atoms with Gasteiger partial charge in [0.25, 0.3) is 0 Å². The van der Waals surface area contributed by atoms with Crippen molar-refractivity contribution in [3.63, 3.8) is 0 Å². The Hall–Kier alpha value is -2.10. The molecule has 0 atom stereocenters. The highest BCUT2D eigenvalue weighted by atomic mass is 16.4. The van der Waals surface area contributed by atoms with Gasteiger partial charge in [0.15, 0.2) is 0 Å². The van der Waals surface area contributed by atoms with Crippen molar-refractivity contribution in [2.75, 3.05) is 5.32 Å². The molecule has 0 aromatic heterocycles. The Kier molecular flexibility index (Phi) is 4.27. The van der Waals surface area contributed by atoms with E-state index < -0.39 is 5.97 Å². The molecule has 0 radical (unpaired) electrons. The lowest BCUT2D eigenvalue weighted by molar-refractivity contribution is -0.131. The van der Waals surface area contributed by atoms with Gasteiger partial charge in [-0.05, 0) is 23.8 Å². The third kappa shape index (κ3) is 3.96. The molecule has 0 unspecified atom stereocenters. The van der Waals surface area contributed by atoms with Gasteiger partial charge < -0.3 is 10.4 Å². The summed E-state index contributed by atoms with van der Waals surface area (Å²) in [5.41, 5.74) is 1.48. The van der Waals surface area contributed by atoms with Gasteiger partial charge in [0.05, 0.1) is 0 Å². The third-order valence-electron chi connectivity index (χ3n) is 1.93. The van der Waals surface area contributed by atoms with Crippen molar-refractivity contribution in [3.8, 4) is 0 Å². The summed E-state index contributed by atoms with van der Waals surface area (Å²) in [6.07, 6.45) is 2.99. The number of amides is 1. The zero-order chi connectivity index (χ0) is 12.0. The first-order chi connectivity index (χ1) is 7.61. The van der Waals surface area contributed by atoms with E-state index in [4.69, 9.17) is 5.11 Å². The second-order valence-corrected chi connectivity index (χ2v) is 3.20. The second kappa shape index (κ2) is 5.70. The van der Waals surface area contributed by atoms with E-state index in [0.29, 0.717) is 12.1 Å². The van der Waals surface area contributed by atoms with Crippen LogP contribution in [0.15, 0.2) is 30.3 Å². The van der Waals surface area contributed by atoms with Crippen LogP contribution in [0.4, 0.5) is 5.69 Å².